The zero-order valence-corrected chi connectivity index (χ0v) is 16.8. The Bertz CT molecular complexity index is 384. The summed E-state index contributed by atoms with van der Waals surface area (Å²) in [5.41, 5.74) is 0. The lowest BCUT2D eigenvalue weighted by atomic mass is 9.56. The highest BCUT2D eigenvalue weighted by Gasteiger charge is 2.45. The van der Waals surface area contributed by atoms with Crippen LogP contribution in [0.4, 0.5) is 0 Å². The molecule has 0 heterocycles. The van der Waals surface area contributed by atoms with E-state index in [9.17, 15) is 10.2 Å². The quantitative estimate of drug-likeness (QED) is 0.676. The topological polar surface area (TPSA) is 40.5 Å². The highest BCUT2D eigenvalue weighted by molar-refractivity contribution is 4.95. The fraction of sp³-hybridized carbons (Fsp3) is 1.00. The van der Waals surface area contributed by atoms with Crippen LogP contribution in [-0.2, 0) is 0 Å². The van der Waals surface area contributed by atoms with Crippen LogP contribution in [0.1, 0.15) is 103 Å². The summed E-state index contributed by atoms with van der Waals surface area (Å²) in [5, 5.41) is 20.9. The third-order valence-electron chi connectivity index (χ3n) is 8.92. The summed E-state index contributed by atoms with van der Waals surface area (Å²) in [7, 11) is 0. The van der Waals surface area contributed by atoms with Crippen molar-refractivity contribution in [1.29, 1.82) is 0 Å². The zero-order chi connectivity index (χ0) is 17.9. The van der Waals surface area contributed by atoms with Gasteiger partial charge in [-0.1, -0.05) is 64.2 Å². The van der Waals surface area contributed by atoms with Crippen LogP contribution in [0.5, 0.6) is 0 Å². The first kappa shape index (κ1) is 19.2. The smallest absolute Gasteiger partial charge is 0.0543 e. The molecule has 6 atom stereocenters. The molecule has 2 heteroatoms. The van der Waals surface area contributed by atoms with Gasteiger partial charge in [0.2, 0.25) is 0 Å². The van der Waals surface area contributed by atoms with Gasteiger partial charge in [0.25, 0.3) is 0 Å². The first-order chi connectivity index (χ1) is 12.7. The Morgan fingerprint density at radius 1 is 0.385 bits per heavy atom. The molecular weight excluding hydrogens is 320 g/mol. The second-order valence-electron chi connectivity index (χ2n) is 10.4. The molecule has 6 unspecified atom stereocenters. The van der Waals surface area contributed by atoms with Crippen LogP contribution in [0.15, 0.2) is 0 Å². The molecule has 2 nitrogen and oxygen atoms in total. The molecule has 0 bridgehead atoms. The lowest BCUT2D eigenvalue weighted by Gasteiger charge is -2.50. The predicted molar refractivity (Wildman–Crippen MR) is 107 cm³/mol. The molecule has 2 N–H and O–H groups in total. The second-order valence-corrected chi connectivity index (χ2v) is 10.4. The van der Waals surface area contributed by atoms with Crippen LogP contribution in [0.3, 0.4) is 0 Å². The molecule has 26 heavy (non-hydrogen) atoms. The summed E-state index contributed by atoms with van der Waals surface area (Å²) in [5.74, 6) is 4.96. The zero-order valence-electron chi connectivity index (χ0n) is 16.8. The van der Waals surface area contributed by atoms with Gasteiger partial charge in [-0.25, -0.2) is 0 Å². The van der Waals surface area contributed by atoms with Gasteiger partial charge < -0.3 is 10.2 Å². The van der Waals surface area contributed by atoms with Crippen LogP contribution in [0.25, 0.3) is 0 Å². The lowest BCUT2D eigenvalue weighted by molar-refractivity contribution is -0.0483. The summed E-state index contributed by atoms with van der Waals surface area (Å²) in [4.78, 5) is 0. The van der Waals surface area contributed by atoms with E-state index in [1.54, 1.807) is 0 Å². The van der Waals surface area contributed by atoms with Gasteiger partial charge in [0, 0.05) is 0 Å². The molecular formula is C24H42O2. The third kappa shape index (κ3) is 4.32. The largest absolute Gasteiger partial charge is 0.393 e. The summed E-state index contributed by atoms with van der Waals surface area (Å²) in [6.45, 7) is 0. The van der Waals surface area contributed by atoms with Gasteiger partial charge >= 0.3 is 0 Å². The average molecular weight is 363 g/mol. The monoisotopic (exact) mass is 362 g/mol. The van der Waals surface area contributed by atoms with E-state index in [1.165, 1.54) is 77.0 Å². The molecule has 4 fully saturated rings. The average Bonchev–Trinajstić information content (AvgIpc) is 2.69. The highest BCUT2D eigenvalue weighted by Crippen LogP contribution is 2.52. The maximum absolute atomic E-state index is 10.4. The molecule has 0 saturated heterocycles. The van der Waals surface area contributed by atoms with Gasteiger partial charge in [-0.2, -0.15) is 0 Å². The number of rotatable bonds is 3. The second kappa shape index (κ2) is 8.95. The summed E-state index contributed by atoms with van der Waals surface area (Å²) >= 11 is 0. The fourth-order valence-corrected chi connectivity index (χ4v) is 7.68. The van der Waals surface area contributed by atoms with Crippen molar-refractivity contribution < 1.29 is 10.2 Å². The van der Waals surface area contributed by atoms with Crippen LogP contribution in [0.2, 0.25) is 0 Å². The van der Waals surface area contributed by atoms with Gasteiger partial charge in [0.1, 0.15) is 0 Å². The molecule has 0 aromatic rings. The van der Waals surface area contributed by atoms with Gasteiger partial charge in [-0.3, -0.25) is 0 Å². The molecule has 4 aliphatic carbocycles. The van der Waals surface area contributed by atoms with Crippen LogP contribution < -0.4 is 0 Å². The van der Waals surface area contributed by atoms with E-state index in [0.29, 0.717) is 0 Å². The van der Waals surface area contributed by atoms with Crippen molar-refractivity contribution in [2.45, 2.75) is 115 Å². The first-order valence-corrected chi connectivity index (χ1v) is 12.1. The molecule has 4 aliphatic rings. The van der Waals surface area contributed by atoms with Gasteiger partial charge in [-0.15, -0.1) is 0 Å². The van der Waals surface area contributed by atoms with E-state index in [-0.39, 0.29) is 12.2 Å². The molecule has 0 aromatic heterocycles. The minimum atomic E-state index is -0.0412. The highest BCUT2D eigenvalue weighted by atomic mass is 16.3. The number of aliphatic hydroxyl groups excluding tert-OH is 2. The maximum atomic E-state index is 10.4. The molecule has 0 aromatic carbocycles. The summed E-state index contributed by atoms with van der Waals surface area (Å²) < 4.78 is 0. The van der Waals surface area contributed by atoms with Crippen LogP contribution in [0, 0.1) is 35.5 Å². The molecule has 0 amide bonds. The normalized spacial score (nSPS) is 44.1. The van der Waals surface area contributed by atoms with E-state index < -0.39 is 0 Å². The van der Waals surface area contributed by atoms with E-state index in [4.69, 9.17) is 0 Å². The summed E-state index contributed by atoms with van der Waals surface area (Å²) in [6, 6.07) is 0. The van der Waals surface area contributed by atoms with Gasteiger partial charge in [-0.05, 0) is 74.0 Å². The number of aliphatic hydroxyl groups is 2. The third-order valence-corrected chi connectivity index (χ3v) is 8.92. The lowest BCUT2D eigenvalue weighted by Crippen LogP contribution is -2.44. The van der Waals surface area contributed by atoms with Crippen molar-refractivity contribution in [1.82, 2.24) is 0 Å². The Kier molecular flexibility index (Phi) is 6.62. The van der Waals surface area contributed by atoms with E-state index in [0.717, 1.165) is 61.2 Å². The molecule has 150 valence electrons. The van der Waals surface area contributed by atoms with Crippen molar-refractivity contribution in [3.63, 3.8) is 0 Å². The van der Waals surface area contributed by atoms with E-state index in [1.807, 2.05) is 0 Å². The number of hydrogen-bond donors (Lipinski definition) is 2. The number of hydrogen-bond acceptors (Lipinski definition) is 2. The van der Waals surface area contributed by atoms with Gasteiger partial charge in [0.15, 0.2) is 0 Å². The van der Waals surface area contributed by atoms with Crippen molar-refractivity contribution >= 4 is 0 Å². The van der Waals surface area contributed by atoms with Gasteiger partial charge in [0.05, 0.1) is 12.2 Å². The molecule has 4 saturated carbocycles. The Morgan fingerprint density at radius 3 is 1.15 bits per heavy atom. The van der Waals surface area contributed by atoms with Crippen LogP contribution in [-0.4, -0.2) is 22.4 Å². The van der Waals surface area contributed by atoms with Crippen molar-refractivity contribution in [3.8, 4) is 0 Å². The Hall–Kier alpha value is -0.0800. The Labute approximate surface area is 161 Å². The van der Waals surface area contributed by atoms with E-state index in [2.05, 4.69) is 0 Å². The fourth-order valence-electron chi connectivity index (χ4n) is 7.68. The molecule has 4 rings (SSSR count). The van der Waals surface area contributed by atoms with Crippen molar-refractivity contribution in [3.05, 3.63) is 0 Å². The minimum Gasteiger partial charge on any atom is -0.393 e. The summed E-state index contributed by atoms with van der Waals surface area (Å²) in [6.07, 6.45) is 20.8. The standard InChI is InChI=1S/C24H42O2/c25-19-11-13-21(23(15-19)17-7-3-1-4-8-17)22-14-12-20(26)16-24(22)18-9-5-2-6-10-18/h17-26H,1-16H2. The van der Waals surface area contributed by atoms with E-state index >= 15 is 0 Å². The first-order valence-electron chi connectivity index (χ1n) is 12.1. The Morgan fingerprint density at radius 2 is 0.769 bits per heavy atom. The molecule has 0 aliphatic heterocycles. The van der Waals surface area contributed by atoms with Crippen LogP contribution >= 0.6 is 0 Å². The molecule has 0 radical (unpaired) electrons. The van der Waals surface area contributed by atoms with Crippen molar-refractivity contribution in [2.24, 2.45) is 35.5 Å². The van der Waals surface area contributed by atoms with Crippen molar-refractivity contribution in [2.75, 3.05) is 0 Å². The Balaban J connectivity index is 1.52. The maximum Gasteiger partial charge on any atom is 0.0543 e. The predicted octanol–water partition coefficient (Wildman–Crippen LogP) is 5.70. The minimum absolute atomic E-state index is 0.0412. The SMILES string of the molecule is OC1CCC(C2CCC(O)CC2C2CCCCC2)C(C2CCCCC2)C1. The molecule has 0 spiro atoms.